The van der Waals surface area contributed by atoms with Crippen molar-refractivity contribution in [2.45, 2.75) is 53.2 Å². The molecule has 0 unspecified atom stereocenters. The Morgan fingerprint density at radius 2 is 2.16 bits per heavy atom. The highest BCUT2D eigenvalue weighted by atomic mass is 16.5. The van der Waals surface area contributed by atoms with Crippen LogP contribution in [0, 0.1) is 23.7 Å². The maximum atomic E-state index is 13.4. The summed E-state index contributed by atoms with van der Waals surface area (Å²) in [5.41, 5.74) is 0.947. The van der Waals surface area contributed by atoms with E-state index in [1.807, 2.05) is 34.6 Å². The Bertz CT molecular complexity index is 861. The van der Waals surface area contributed by atoms with Crippen LogP contribution in [0.2, 0.25) is 0 Å². The summed E-state index contributed by atoms with van der Waals surface area (Å²) in [5, 5.41) is 12.6. The van der Waals surface area contributed by atoms with E-state index in [1.165, 1.54) is 0 Å². The van der Waals surface area contributed by atoms with Crippen molar-refractivity contribution in [3.8, 4) is 17.7 Å². The zero-order valence-corrected chi connectivity index (χ0v) is 20.0. The first-order valence-electron chi connectivity index (χ1n) is 11.3. The molecule has 3 atom stereocenters. The van der Waals surface area contributed by atoms with E-state index >= 15 is 0 Å². The van der Waals surface area contributed by atoms with Gasteiger partial charge in [-0.05, 0) is 19.4 Å². The van der Waals surface area contributed by atoms with E-state index in [0.717, 1.165) is 6.42 Å². The third-order valence-corrected chi connectivity index (χ3v) is 5.35. The Morgan fingerprint density at radius 1 is 1.44 bits per heavy atom. The number of nitrogens with zero attached hydrogens (tertiary/aromatic N) is 3. The molecule has 8 heteroatoms. The number of pyridine rings is 1. The minimum absolute atomic E-state index is 0.0928. The van der Waals surface area contributed by atoms with E-state index < -0.39 is 0 Å². The highest BCUT2D eigenvalue weighted by Gasteiger charge is 2.34. The zero-order chi connectivity index (χ0) is 23.8. The summed E-state index contributed by atoms with van der Waals surface area (Å²) in [7, 11) is 1.72. The standard InChI is InChI=1S/C24H36N4O4/c1-7-10-25-24(31)27(6)14-21-17(4)13-28(18(5)15-29)23(30)20-11-19(9-8-16(2)3)12-26-22(20)32-21/h11-12,16-18,21,29H,7,10,13-15H2,1-6H3,(H,25,31)/t17-,18+,21-/m1/s1. The van der Waals surface area contributed by atoms with Crippen molar-refractivity contribution < 1.29 is 19.4 Å². The molecule has 3 amide bonds. The molecule has 1 aliphatic rings. The lowest BCUT2D eigenvalue weighted by molar-refractivity contribution is 0.0352. The van der Waals surface area contributed by atoms with Gasteiger partial charge < -0.3 is 25.0 Å². The van der Waals surface area contributed by atoms with E-state index in [1.54, 1.807) is 29.1 Å². The third kappa shape index (κ3) is 6.60. The van der Waals surface area contributed by atoms with Crippen LogP contribution in [0.3, 0.4) is 0 Å². The number of carbonyl (C=O) groups is 2. The van der Waals surface area contributed by atoms with E-state index in [-0.39, 0.29) is 48.4 Å². The molecule has 0 saturated heterocycles. The van der Waals surface area contributed by atoms with Gasteiger partial charge in [0.15, 0.2) is 0 Å². The molecule has 2 N–H and O–H groups in total. The number of amides is 3. The Balaban J connectivity index is 2.40. The largest absolute Gasteiger partial charge is 0.472 e. The van der Waals surface area contributed by atoms with Crippen LogP contribution in [-0.4, -0.2) is 77.3 Å². The molecule has 0 radical (unpaired) electrons. The molecule has 0 aliphatic carbocycles. The molecule has 1 aromatic rings. The Hall–Kier alpha value is -2.79. The molecule has 0 saturated carbocycles. The second kappa shape index (κ2) is 11.7. The van der Waals surface area contributed by atoms with Gasteiger partial charge in [0.05, 0.1) is 19.2 Å². The summed E-state index contributed by atoms with van der Waals surface area (Å²) in [6, 6.07) is 1.16. The van der Waals surface area contributed by atoms with Gasteiger partial charge in [0.25, 0.3) is 5.91 Å². The fourth-order valence-corrected chi connectivity index (χ4v) is 3.34. The monoisotopic (exact) mass is 444 g/mol. The molecule has 2 rings (SSSR count). The van der Waals surface area contributed by atoms with Crippen molar-refractivity contribution >= 4 is 11.9 Å². The van der Waals surface area contributed by atoms with Crippen LogP contribution in [0.4, 0.5) is 4.79 Å². The number of hydrogen-bond acceptors (Lipinski definition) is 5. The Labute approximate surface area is 191 Å². The van der Waals surface area contributed by atoms with Crippen molar-refractivity contribution in [1.82, 2.24) is 20.1 Å². The van der Waals surface area contributed by atoms with Crippen molar-refractivity contribution in [3.63, 3.8) is 0 Å². The SMILES string of the molecule is CCCNC(=O)N(C)C[C@H]1Oc2ncc(C#CC(C)C)cc2C(=O)N([C@@H](C)CO)C[C@H]1C. The van der Waals surface area contributed by atoms with Gasteiger partial charge in [0.1, 0.15) is 11.7 Å². The fraction of sp³-hybridized carbons (Fsp3) is 0.625. The number of ether oxygens (including phenoxy) is 1. The second-order valence-electron chi connectivity index (χ2n) is 8.74. The van der Waals surface area contributed by atoms with E-state index in [2.05, 4.69) is 22.1 Å². The molecular formula is C24H36N4O4. The number of rotatable bonds is 6. The smallest absolute Gasteiger partial charge is 0.317 e. The number of aliphatic hydroxyl groups excluding tert-OH is 1. The normalized spacial score (nSPS) is 19.1. The summed E-state index contributed by atoms with van der Waals surface area (Å²) in [6.07, 6.45) is 2.07. The van der Waals surface area contributed by atoms with Crippen molar-refractivity contribution in [1.29, 1.82) is 0 Å². The summed E-state index contributed by atoms with van der Waals surface area (Å²) in [5.74, 6) is 6.20. The Morgan fingerprint density at radius 3 is 2.78 bits per heavy atom. The topological polar surface area (TPSA) is 95.0 Å². The number of aliphatic hydroxyl groups is 1. The summed E-state index contributed by atoms with van der Waals surface area (Å²) < 4.78 is 6.20. The van der Waals surface area contributed by atoms with Crippen molar-refractivity contribution in [2.75, 3.05) is 33.3 Å². The fourth-order valence-electron chi connectivity index (χ4n) is 3.34. The molecule has 0 fully saturated rings. The first kappa shape index (κ1) is 25.5. The lowest BCUT2D eigenvalue weighted by Gasteiger charge is -2.37. The molecule has 2 heterocycles. The van der Waals surface area contributed by atoms with Gasteiger partial charge in [0, 0.05) is 43.7 Å². The number of nitrogens with one attached hydrogen (secondary N) is 1. The van der Waals surface area contributed by atoms with E-state index in [4.69, 9.17) is 4.74 Å². The summed E-state index contributed by atoms with van der Waals surface area (Å²) in [6.45, 7) is 10.9. The molecule has 0 spiro atoms. The molecule has 0 aromatic carbocycles. The first-order valence-corrected chi connectivity index (χ1v) is 11.3. The number of fused-ring (bicyclic) bond motifs is 1. The summed E-state index contributed by atoms with van der Waals surface area (Å²) in [4.78, 5) is 33.3. The number of likely N-dealkylation sites (N-methyl/N-ethyl adjacent to an activating group) is 1. The van der Waals surface area contributed by atoms with Crippen LogP contribution in [-0.2, 0) is 0 Å². The van der Waals surface area contributed by atoms with Crippen LogP contribution in [0.25, 0.3) is 0 Å². The van der Waals surface area contributed by atoms with Crippen LogP contribution >= 0.6 is 0 Å². The summed E-state index contributed by atoms with van der Waals surface area (Å²) >= 11 is 0. The molecular weight excluding hydrogens is 408 g/mol. The van der Waals surface area contributed by atoms with Gasteiger partial charge in [-0.1, -0.05) is 39.5 Å². The third-order valence-electron chi connectivity index (χ3n) is 5.35. The van der Waals surface area contributed by atoms with Gasteiger partial charge in [-0.3, -0.25) is 4.79 Å². The predicted molar refractivity (Wildman–Crippen MR) is 123 cm³/mol. The van der Waals surface area contributed by atoms with Crippen molar-refractivity contribution in [3.05, 3.63) is 23.4 Å². The van der Waals surface area contributed by atoms with Crippen LogP contribution in [0.15, 0.2) is 12.3 Å². The first-order chi connectivity index (χ1) is 15.2. The maximum absolute atomic E-state index is 13.4. The zero-order valence-electron chi connectivity index (χ0n) is 20.0. The lowest BCUT2D eigenvalue weighted by atomic mass is 10.00. The van der Waals surface area contributed by atoms with E-state index in [9.17, 15) is 14.7 Å². The van der Waals surface area contributed by atoms with Crippen LogP contribution in [0.1, 0.15) is 57.0 Å². The number of hydrogen-bond donors (Lipinski definition) is 2. The average molecular weight is 445 g/mol. The second-order valence-corrected chi connectivity index (χ2v) is 8.74. The molecule has 32 heavy (non-hydrogen) atoms. The highest BCUT2D eigenvalue weighted by Crippen LogP contribution is 2.27. The van der Waals surface area contributed by atoms with Crippen LogP contribution in [0.5, 0.6) is 5.88 Å². The van der Waals surface area contributed by atoms with Gasteiger partial charge in [0.2, 0.25) is 5.88 Å². The molecule has 0 bridgehead atoms. The van der Waals surface area contributed by atoms with Crippen molar-refractivity contribution in [2.24, 2.45) is 11.8 Å². The predicted octanol–water partition coefficient (Wildman–Crippen LogP) is 2.36. The highest BCUT2D eigenvalue weighted by molar-refractivity contribution is 5.97. The van der Waals surface area contributed by atoms with Crippen LogP contribution < -0.4 is 10.1 Å². The quantitative estimate of drug-likeness (QED) is 0.657. The molecule has 1 aromatic heterocycles. The average Bonchev–Trinajstić information content (AvgIpc) is 2.77. The molecule has 176 valence electrons. The van der Waals surface area contributed by atoms with E-state index in [0.29, 0.717) is 30.8 Å². The minimum atomic E-state index is -0.382. The van der Waals surface area contributed by atoms with Gasteiger partial charge in [-0.25, -0.2) is 9.78 Å². The lowest BCUT2D eigenvalue weighted by Crippen LogP contribution is -2.51. The molecule has 8 nitrogen and oxygen atoms in total. The number of carbonyl (C=O) groups excluding carboxylic acids is 2. The maximum Gasteiger partial charge on any atom is 0.317 e. The minimum Gasteiger partial charge on any atom is -0.472 e. The number of urea groups is 1. The molecule has 1 aliphatic heterocycles. The number of aromatic nitrogens is 1. The Kier molecular flexibility index (Phi) is 9.33. The van der Waals surface area contributed by atoms with Gasteiger partial charge >= 0.3 is 6.03 Å². The van der Waals surface area contributed by atoms with Gasteiger partial charge in [-0.2, -0.15) is 0 Å². The van der Waals surface area contributed by atoms with Gasteiger partial charge in [-0.15, -0.1) is 0 Å².